The fraction of sp³-hybridized carbons (Fsp3) is 0.409. The predicted octanol–water partition coefficient (Wildman–Crippen LogP) is 5.31. The Balaban J connectivity index is 2.33. The average molecular weight is 372 g/mol. The van der Waals surface area contributed by atoms with Crippen LogP contribution in [0.3, 0.4) is 0 Å². The first-order valence-corrected chi connectivity index (χ1v) is 9.93. The third-order valence-corrected chi connectivity index (χ3v) is 4.85. The quantitative estimate of drug-likeness (QED) is 0.529. The van der Waals surface area contributed by atoms with Crippen LogP contribution in [0.25, 0.3) is 11.1 Å². The Kier molecular flexibility index (Phi) is 6.90. The number of carbonyl (C=O) groups excluding carboxylic acids is 1. The minimum atomic E-state index is -0.261. The van der Waals surface area contributed by atoms with E-state index in [1.807, 2.05) is 32.9 Å². The highest BCUT2D eigenvalue weighted by Crippen LogP contribution is 2.32. The summed E-state index contributed by atoms with van der Waals surface area (Å²) in [5.74, 6) is -0.261. The summed E-state index contributed by atoms with van der Waals surface area (Å²) in [4.78, 5) is 13.2. The van der Waals surface area contributed by atoms with Crippen LogP contribution in [0.5, 0.6) is 0 Å². The van der Waals surface area contributed by atoms with Crippen LogP contribution in [-0.2, 0) is 11.2 Å². The molecule has 140 valence electrons. The van der Waals surface area contributed by atoms with E-state index >= 15 is 0 Å². The highest BCUT2D eigenvalue weighted by molar-refractivity contribution is 8.00. The lowest BCUT2D eigenvalue weighted by atomic mass is 9.94. The first-order chi connectivity index (χ1) is 12.2. The summed E-state index contributed by atoms with van der Waals surface area (Å²) in [5, 5.41) is 0.382. The van der Waals surface area contributed by atoms with Gasteiger partial charge in [-0.2, -0.15) is 0 Å². The van der Waals surface area contributed by atoms with Crippen molar-refractivity contribution in [2.45, 2.75) is 56.7 Å². The van der Waals surface area contributed by atoms with E-state index in [2.05, 4.69) is 44.2 Å². The summed E-state index contributed by atoms with van der Waals surface area (Å²) in [7, 11) is 0. The lowest BCUT2D eigenvalue weighted by Crippen LogP contribution is -2.34. The Hall–Kier alpha value is -1.78. The number of esters is 1. The van der Waals surface area contributed by atoms with Crippen LogP contribution < -0.4 is 5.73 Å². The van der Waals surface area contributed by atoms with Gasteiger partial charge in [0.2, 0.25) is 0 Å². The molecular weight excluding hydrogens is 342 g/mol. The molecule has 0 aromatic heterocycles. The number of hydrogen-bond donors (Lipinski definition) is 1. The van der Waals surface area contributed by atoms with E-state index in [1.54, 1.807) is 11.8 Å². The third-order valence-electron chi connectivity index (χ3n) is 3.79. The van der Waals surface area contributed by atoms with Gasteiger partial charge in [-0.15, -0.1) is 11.8 Å². The molecule has 0 heterocycles. The monoisotopic (exact) mass is 371 g/mol. The Morgan fingerprint density at radius 1 is 1.12 bits per heavy atom. The number of thioether (sulfide) groups is 1. The van der Waals surface area contributed by atoms with Gasteiger partial charge in [0, 0.05) is 15.7 Å². The van der Waals surface area contributed by atoms with Crippen LogP contribution in [0.1, 0.15) is 50.5 Å². The third kappa shape index (κ3) is 5.89. The maximum Gasteiger partial charge on any atom is 0.339 e. The molecule has 0 aliphatic heterocycles. The van der Waals surface area contributed by atoms with Crippen molar-refractivity contribution in [2.75, 3.05) is 6.61 Å². The Labute approximate surface area is 161 Å². The topological polar surface area (TPSA) is 52.3 Å². The van der Waals surface area contributed by atoms with Gasteiger partial charge in [-0.1, -0.05) is 44.2 Å². The molecule has 2 N–H and O–H groups in total. The van der Waals surface area contributed by atoms with E-state index in [0.29, 0.717) is 17.4 Å². The molecule has 0 aliphatic rings. The molecule has 0 aliphatic carbocycles. The van der Waals surface area contributed by atoms with Crippen molar-refractivity contribution in [3.8, 4) is 11.1 Å². The second-order valence-electron chi connectivity index (χ2n) is 7.46. The molecule has 0 bridgehead atoms. The van der Waals surface area contributed by atoms with Gasteiger partial charge in [-0.3, -0.25) is 0 Å². The predicted molar refractivity (Wildman–Crippen MR) is 111 cm³/mol. The zero-order valence-corrected chi connectivity index (χ0v) is 17.2. The molecule has 3 nitrogen and oxygen atoms in total. The second kappa shape index (κ2) is 8.74. The van der Waals surface area contributed by atoms with Gasteiger partial charge in [0.05, 0.1) is 12.2 Å². The van der Waals surface area contributed by atoms with Crippen LogP contribution in [0, 0.1) is 0 Å². The highest BCUT2D eigenvalue weighted by atomic mass is 32.2. The SMILES string of the molecule is CCOC(=O)c1ccc(-c2ccc(CC(C)(C)N)cc2)cc1SC(C)C. The number of rotatable bonds is 7. The molecule has 0 amide bonds. The van der Waals surface area contributed by atoms with Gasteiger partial charge in [0.15, 0.2) is 0 Å². The molecule has 2 rings (SSSR count). The zero-order chi connectivity index (χ0) is 19.3. The van der Waals surface area contributed by atoms with Crippen molar-refractivity contribution in [2.24, 2.45) is 5.73 Å². The summed E-state index contributed by atoms with van der Waals surface area (Å²) < 4.78 is 5.19. The molecule has 0 atom stereocenters. The summed E-state index contributed by atoms with van der Waals surface area (Å²) in [6.45, 7) is 10.5. The minimum Gasteiger partial charge on any atom is -0.462 e. The molecule has 0 saturated heterocycles. The number of ether oxygens (including phenoxy) is 1. The largest absolute Gasteiger partial charge is 0.462 e. The molecule has 2 aromatic rings. The van der Waals surface area contributed by atoms with Crippen LogP contribution in [-0.4, -0.2) is 23.4 Å². The lowest BCUT2D eigenvalue weighted by Gasteiger charge is -2.18. The first kappa shape index (κ1) is 20.5. The van der Waals surface area contributed by atoms with Crippen molar-refractivity contribution in [1.82, 2.24) is 0 Å². The molecule has 4 heteroatoms. The lowest BCUT2D eigenvalue weighted by molar-refractivity contribution is 0.0522. The Bertz CT molecular complexity index is 746. The van der Waals surface area contributed by atoms with Gasteiger partial charge >= 0.3 is 5.97 Å². The normalized spacial score (nSPS) is 11.7. The smallest absolute Gasteiger partial charge is 0.339 e. The first-order valence-electron chi connectivity index (χ1n) is 9.05. The standard InChI is InChI=1S/C22H29NO2S/c1-6-25-21(24)19-12-11-18(13-20(19)26-15(2)3)17-9-7-16(8-10-17)14-22(4,5)23/h7-13,15H,6,14,23H2,1-5H3. The molecule has 0 radical (unpaired) electrons. The van der Waals surface area contributed by atoms with Gasteiger partial charge < -0.3 is 10.5 Å². The van der Waals surface area contributed by atoms with E-state index in [9.17, 15) is 4.79 Å². The zero-order valence-electron chi connectivity index (χ0n) is 16.3. The second-order valence-corrected chi connectivity index (χ2v) is 9.08. The van der Waals surface area contributed by atoms with Crippen molar-refractivity contribution >= 4 is 17.7 Å². The van der Waals surface area contributed by atoms with E-state index in [0.717, 1.165) is 22.4 Å². The summed E-state index contributed by atoms with van der Waals surface area (Å²) in [5.41, 5.74) is 9.97. The van der Waals surface area contributed by atoms with E-state index in [4.69, 9.17) is 10.5 Å². The maximum absolute atomic E-state index is 12.2. The molecule has 26 heavy (non-hydrogen) atoms. The van der Waals surface area contributed by atoms with Crippen molar-refractivity contribution in [3.05, 3.63) is 53.6 Å². The van der Waals surface area contributed by atoms with Gasteiger partial charge in [0.25, 0.3) is 0 Å². The summed E-state index contributed by atoms with van der Waals surface area (Å²) >= 11 is 1.68. The number of benzene rings is 2. The van der Waals surface area contributed by atoms with Gasteiger partial charge in [0.1, 0.15) is 0 Å². The Morgan fingerprint density at radius 2 is 1.73 bits per heavy atom. The van der Waals surface area contributed by atoms with E-state index in [-0.39, 0.29) is 11.5 Å². The Morgan fingerprint density at radius 3 is 2.27 bits per heavy atom. The molecule has 0 unspecified atom stereocenters. The summed E-state index contributed by atoms with van der Waals surface area (Å²) in [6, 6.07) is 14.4. The number of carbonyl (C=O) groups is 1. The van der Waals surface area contributed by atoms with Crippen LogP contribution in [0.2, 0.25) is 0 Å². The maximum atomic E-state index is 12.2. The van der Waals surface area contributed by atoms with Crippen molar-refractivity contribution in [3.63, 3.8) is 0 Å². The van der Waals surface area contributed by atoms with Crippen LogP contribution in [0.4, 0.5) is 0 Å². The molecule has 0 fully saturated rings. The molecular formula is C22H29NO2S. The van der Waals surface area contributed by atoms with Crippen LogP contribution >= 0.6 is 11.8 Å². The average Bonchev–Trinajstić information content (AvgIpc) is 2.53. The highest BCUT2D eigenvalue weighted by Gasteiger charge is 2.16. The van der Waals surface area contributed by atoms with Gasteiger partial charge in [-0.25, -0.2) is 4.79 Å². The van der Waals surface area contributed by atoms with Crippen LogP contribution in [0.15, 0.2) is 47.4 Å². The fourth-order valence-electron chi connectivity index (χ4n) is 2.77. The molecule has 2 aromatic carbocycles. The van der Waals surface area contributed by atoms with E-state index in [1.165, 1.54) is 5.56 Å². The fourth-order valence-corrected chi connectivity index (χ4v) is 3.75. The molecule has 0 saturated carbocycles. The van der Waals surface area contributed by atoms with Crippen molar-refractivity contribution in [1.29, 1.82) is 0 Å². The molecule has 0 spiro atoms. The van der Waals surface area contributed by atoms with Gasteiger partial charge in [-0.05, 0) is 56.0 Å². The number of nitrogens with two attached hydrogens (primary N) is 1. The van der Waals surface area contributed by atoms with E-state index < -0.39 is 0 Å². The van der Waals surface area contributed by atoms with Crippen molar-refractivity contribution < 1.29 is 9.53 Å². The number of hydrogen-bond acceptors (Lipinski definition) is 4. The summed E-state index contributed by atoms with van der Waals surface area (Å²) in [6.07, 6.45) is 0.837. The minimum absolute atomic E-state index is 0.218.